The average Bonchev–Trinajstić information content (AvgIpc) is 1.92. The van der Waals surface area contributed by atoms with Crippen molar-refractivity contribution in [2.75, 3.05) is 5.73 Å². The minimum atomic E-state index is -4.56. The van der Waals surface area contributed by atoms with Crippen molar-refractivity contribution in [3.8, 4) is 5.75 Å². The molecule has 0 aromatic heterocycles. The molecular formula is C7H6F3NO. The molecule has 0 spiro atoms. The second-order valence-corrected chi connectivity index (χ2v) is 2.27. The predicted octanol–water partition coefficient (Wildman–Crippen LogP) is 1.99. The Bertz CT molecular complexity index is 295. The summed E-state index contributed by atoms with van der Waals surface area (Å²) in [6.07, 6.45) is -4.56. The minimum absolute atomic E-state index is 0.0277. The smallest absolute Gasteiger partial charge is 0.420 e. The van der Waals surface area contributed by atoms with Gasteiger partial charge < -0.3 is 10.8 Å². The van der Waals surface area contributed by atoms with Crippen molar-refractivity contribution in [3.63, 3.8) is 0 Å². The number of aromatic hydroxyl groups is 1. The number of benzene rings is 1. The highest BCUT2D eigenvalue weighted by Gasteiger charge is 2.33. The molecule has 66 valence electrons. The normalized spacial score (nSPS) is 11.6. The van der Waals surface area contributed by atoms with Crippen LogP contribution in [0.5, 0.6) is 5.75 Å². The molecule has 0 aliphatic carbocycles. The number of hydrogen-bond acceptors (Lipinski definition) is 2. The summed E-state index contributed by atoms with van der Waals surface area (Å²) < 4.78 is 36.0. The summed E-state index contributed by atoms with van der Waals surface area (Å²) in [5.41, 5.74) is 3.98. The number of phenolic OH excluding ortho intramolecular Hbond substituents is 1. The van der Waals surface area contributed by atoms with E-state index in [-0.39, 0.29) is 5.69 Å². The molecule has 0 fully saturated rings. The highest BCUT2D eigenvalue weighted by atomic mass is 19.4. The van der Waals surface area contributed by atoms with Crippen LogP contribution in [-0.2, 0) is 6.18 Å². The van der Waals surface area contributed by atoms with Gasteiger partial charge in [0, 0.05) is 5.69 Å². The topological polar surface area (TPSA) is 46.2 Å². The van der Waals surface area contributed by atoms with Gasteiger partial charge in [-0.1, -0.05) is 0 Å². The lowest BCUT2D eigenvalue weighted by atomic mass is 10.2. The van der Waals surface area contributed by atoms with E-state index < -0.39 is 17.5 Å². The predicted molar refractivity (Wildman–Crippen MR) is 37.5 cm³/mol. The van der Waals surface area contributed by atoms with Crippen LogP contribution in [0.15, 0.2) is 18.2 Å². The summed E-state index contributed by atoms with van der Waals surface area (Å²) in [5, 5.41) is 8.80. The zero-order valence-electron chi connectivity index (χ0n) is 5.89. The summed E-state index contributed by atoms with van der Waals surface area (Å²) in [6.45, 7) is 0. The van der Waals surface area contributed by atoms with Crippen molar-refractivity contribution in [2.24, 2.45) is 0 Å². The van der Waals surface area contributed by atoms with Crippen LogP contribution >= 0.6 is 0 Å². The Morgan fingerprint density at radius 1 is 1.25 bits per heavy atom. The third-order valence-corrected chi connectivity index (χ3v) is 1.33. The zero-order chi connectivity index (χ0) is 9.35. The van der Waals surface area contributed by atoms with Gasteiger partial charge in [0.05, 0.1) is 5.56 Å². The Morgan fingerprint density at radius 3 is 2.25 bits per heavy atom. The molecule has 5 heteroatoms. The molecule has 0 aliphatic rings. The maximum Gasteiger partial charge on any atom is 0.420 e. The van der Waals surface area contributed by atoms with Crippen LogP contribution in [0.25, 0.3) is 0 Å². The lowest BCUT2D eigenvalue weighted by molar-refractivity contribution is -0.138. The van der Waals surface area contributed by atoms with Gasteiger partial charge in [-0.05, 0) is 18.2 Å². The Kier molecular flexibility index (Phi) is 1.87. The molecule has 1 aromatic rings. The molecule has 0 saturated carbocycles. The van der Waals surface area contributed by atoms with Crippen molar-refractivity contribution in [2.45, 2.75) is 6.18 Å². The lowest BCUT2D eigenvalue weighted by Crippen LogP contribution is -2.05. The highest BCUT2D eigenvalue weighted by Crippen LogP contribution is 2.36. The molecule has 0 saturated heterocycles. The molecule has 0 heterocycles. The molecular weight excluding hydrogens is 171 g/mol. The van der Waals surface area contributed by atoms with Crippen molar-refractivity contribution < 1.29 is 18.3 Å². The SMILES string of the molecule is Nc1ccc(O)c(C(F)(F)F)c1. The van der Waals surface area contributed by atoms with Crippen LogP contribution in [-0.4, -0.2) is 5.11 Å². The Hall–Kier alpha value is -1.39. The maximum absolute atomic E-state index is 12.0. The van der Waals surface area contributed by atoms with Crippen molar-refractivity contribution in [3.05, 3.63) is 23.8 Å². The summed E-state index contributed by atoms with van der Waals surface area (Å²) in [4.78, 5) is 0. The Labute approximate surface area is 66.4 Å². The van der Waals surface area contributed by atoms with E-state index in [1.807, 2.05) is 0 Å². The first-order valence-electron chi connectivity index (χ1n) is 3.07. The number of anilines is 1. The van der Waals surface area contributed by atoms with Gasteiger partial charge in [-0.15, -0.1) is 0 Å². The number of hydrogen-bond donors (Lipinski definition) is 2. The second kappa shape index (κ2) is 2.58. The molecule has 3 N–H and O–H groups in total. The average molecular weight is 177 g/mol. The van der Waals surface area contributed by atoms with E-state index in [9.17, 15) is 13.2 Å². The van der Waals surface area contributed by atoms with Crippen LogP contribution in [0, 0.1) is 0 Å². The lowest BCUT2D eigenvalue weighted by Gasteiger charge is -2.08. The Morgan fingerprint density at radius 2 is 1.83 bits per heavy atom. The molecule has 0 radical (unpaired) electrons. The van der Waals surface area contributed by atoms with Crippen molar-refractivity contribution in [1.82, 2.24) is 0 Å². The van der Waals surface area contributed by atoms with E-state index in [1.165, 1.54) is 6.07 Å². The van der Waals surface area contributed by atoms with E-state index in [0.717, 1.165) is 6.07 Å². The summed E-state index contributed by atoms with van der Waals surface area (Å²) >= 11 is 0. The third-order valence-electron chi connectivity index (χ3n) is 1.33. The first kappa shape index (κ1) is 8.70. The van der Waals surface area contributed by atoms with E-state index in [1.54, 1.807) is 0 Å². The van der Waals surface area contributed by atoms with Crippen molar-refractivity contribution >= 4 is 5.69 Å². The number of nitrogens with two attached hydrogens (primary N) is 1. The number of alkyl halides is 3. The largest absolute Gasteiger partial charge is 0.507 e. The summed E-state index contributed by atoms with van der Waals surface area (Å²) in [6, 6.07) is 2.80. The van der Waals surface area contributed by atoms with Crippen molar-refractivity contribution in [1.29, 1.82) is 0 Å². The molecule has 0 atom stereocenters. The number of rotatable bonds is 0. The molecule has 1 rings (SSSR count). The van der Waals surface area contributed by atoms with Crippen LogP contribution in [0.1, 0.15) is 5.56 Å². The monoisotopic (exact) mass is 177 g/mol. The van der Waals surface area contributed by atoms with Gasteiger partial charge >= 0.3 is 6.18 Å². The summed E-state index contributed by atoms with van der Waals surface area (Å²) in [5.74, 6) is -0.809. The molecule has 1 aromatic carbocycles. The molecule has 0 aliphatic heterocycles. The quantitative estimate of drug-likeness (QED) is 0.470. The standard InChI is InChI=1S/C7H6F3NO/c8-7(9,10)5-3-4(11)1-2-6(5)12/h1-3,12H,11H2. The van der Waals surface area contributed by atoms with Gasteiger partial charge in [-0.25, -0.2) is 0 Å². The third kappa shape index (κ3) is 1.61. The van der Waals surface area contributed by atoms with Crippen LogP contribution in [0.4, 0.5) is 18.9 Å². The minimum Gasteiger partial charge on any atom is -0.507 e. The number of halogens is 3. The van der Waals surface area contributed by atoms with Gasteiger partial charge in [0.1, 0.15) is 5.75 Å². The number of nitrogen functional groups attached to an aromatic ring is 1. The molecule has 0 amide bonds. The van der Waals surface area contributed by atoms with Crippen LogP contribution in [0.3, 0.4) is 0 Å². The highest BCUT2D eigenvalue weighted by molar-refractivity contribution is 5.48. The molecule has 12 heavy (non-hydrogen) atoms. The van der Waals surface area contributed by atoms with Crippen LogP contribution in [0.2, 0.25) is 0 Å². The first-order valence-corrected chi connectivity index (χ1v) is 3.07. The fourth-order valence-electron chi connectivity index (χ4n) is 0.781. The van der Waals surface area contributed by atoms with E-state index >= 15 is 0 Å². The van der Waals surface area contributed by atoms with E-state index in [4.69, 9.17) is 10.8 Å². The number of phenols is 1. The maximum atomic E-state index is 12.0. The zero-order valence-corrected chi connectivity index (χ0v) is 5.89. The van der Waals surface area contributed by atoms with Gasteiger partial charge in [0.15, 0.2) is 0 Å². The molecule has 2 nitrogen and oxygen atoms in total. The van der Waals surface area contributed by atoms with Gasteiger partial charge in [-0.3, -0.25) is 0 Å². The van der Waals surface area contributed by atoms with Gasteiger partial charge in [0.2, 0.25) is 0 Å². The fourth-order valence-corrected chi connectivity index (χ4v) is 0.781. The van der Waals surface area contributed by atoms with E-state index in [2.05, 4.69) is 0 Å². The second-order valence-electron chi connectivity index (χ2n) is 2.27. The molecule has 0 unspecified atom stereocenters. The first-order chi connectivity index (χ1) is 5.41. The van der Waals surface area contributed by atoms with Crippen LogP contribution < -0.4 is 5.73 Å². The van der Waals surface area contributed by atoms with Gasteiger partial charge in [-0.2, -0.15) is 13.2 Å². The van der Waals surface area contributed by atoms with Gasteiger partial charge in [0.25, 0.3) is 0 Å². The summed E-state index contributed by atoms with van der Waals surface area (Å²) in [7, 11) is 0. The van der Waals surface area contributed by atoms with E-state index in [0.29, 0.717) is 6.07 Å². The fraction of sp³-hybridized carbons (Fsp3) is 0.143. The molecule has 0 bridgehead atoms. The Balaban J connectivity index is 3.23.